The zero-order valence-electron chi connectivity index (χ0n) is 10.5. The van der Waals surface area contributed by atoms with Gasteiger partial charge in [0.05, 0.1) is 5.56 Å². The summed E-state index contributed by atoms with van der Waals surface area (Å²) in [4.78, 5) is 16.1. The molecule has 0 aliphatic rings. The SMILES string of the molecule is Cc1cnccc1CNC(=O)c1cc(Br)ccc1N. The number of rotatable bonds is 3. The Balaban J connectivity index is 2.10. The fraction of sp³-hybridized carbons (Fsp3) is 0.143. The van der Waals surface area contributed by atoms with Crippen LogP contribution in [0.15, 0.2) is 41.1 Å². The normalized spacial score (nSPS) is 10.2. The summed E-state index contributed by atoms with van der Waals surface area (Å²) in [6, 6.07) is 7.11. The molecule has 19 heavy (non-hydrogen) atoms. The smallest absolute Gasteiger partial charge is 0.253 e. The molecular formula is C14H14BrN3O. The number of hydrogen-bond donors (Lipinski definition) is 2. The lowest BCUT2D eigenvalue weighted by Gasteiger charge is -2.09. The highest BCUT2D eigenvalue weighted by atomic mass is 79.9. The van der Waals surface area contributed by atoms with Crippen molar-refractivity contribution < 1.29 is 4.79 Å². The molecule has 0 aliphatic heterocycles. The molecule has 0 bridgehead atoms. The molecule has 4 nitrogen and oxygen atoms in total. The summed E-state index contributed by atoms with van der Waals surface area (Å²) in [7, 11) is 0. The molecule has 1 aromatic heterocycles. The number of pyridine rings is 1. The molecule has 0 fully saturated rings. The van der Waals surface area contributed by atoms with Crippen LogP contribution in [0.4, 0.5) is 5.69 Å². The molecule has 0 atom stereocenters. The highest BCUT2D eigenvalue weighted by molar-refractivity contribution is 9.10. The van der Waals surface area contributed by atoms with Gasteiger partial charge in [-0.25, -0.2) is 0 Å². The second-order valence-corrected chi connectivity index (χ2v) is 5.13. The van der Waals surface area contributed by atoms with E-state index in [4.69, 9.17) is 5.73 Å². The van der Waals surface area contributed by atoms with Gasteiger partial charge in [-0.2, -0.15) is 0 Å². The molecule has 2 aromatic rings. The van der Waals surface area contributed by atoms with Gasteiger partial charge in [0.1, 0.15) is 0 Å². The van der Waals surface area contributed by atoms with Gasteiger partial charge < -0.3 is 11.1 Å². The number of aryl methyl sites for hydroxylation is 1. The lowest BCUT2D eigenvalue weighted by atomic mass is 10.1. The second kappa shape index (κ2) is 5.84. The van der Waals surface area contributed by atoms with E-state index in [2.05, 4.69) is 26.2 Å². The minimum absolute atomic E-state index is 0.185. The summed E-state index contributed by atoms with van der Waals surface area (Å²) >= 11 is 3.33. The van der Waals surface area contributed by atoms with Gasteiger partial charge >= 0.3 is 0 Å². The molecule has 0 saturated heterocycles. The number of carbonyl (C=O) groups is 1. The minimum atomic E-state index is -0.185. The van der Waals surface area contributed by atoms with E-state index >= 15 is 0 Å². The van der Waals surface area contributed by atoms with Crippen LogP contribution in [-0.4, -0.2) is 10.9 Å². The van der Waals surface area contributed by atoms with Crippen molar-refractivity contribution in [3.8, 4) is 0 Å². The van der Waals surface area contributed by atoms with Crippen LogP contribution in [-0.2, 0) is 6.54 Å². The number of halogens is 1. The first kappa shape index (κ1) is 13.5. The number of nitrogens with zero attached hydrogens (tertiary/aromatic N) is 1. The number of hydrogen-bond acceptors (Lipinski definition) is 3. The third-order valence-electron chi connectivity index (χ3n) is 2.84. The molecule has 1 aromatic carbocycles. The average Bonchev–Trinajstić information content (AvgIpc) is 2.40. The molecule has 0 saturated carbocycles. The standard InChI is InChI=1S/C14H14BrN3O/c1-9-7-17-5-4-10(9)8-18-14(19)12-6-11(15)2-3-13(12)16/h2-7H,8,16H2,1H3,(H,18,19). The van der Waals surface area contributed by atoms with E-state index in [-0.39, 0.29) is 5.91 Å². The second-order valence-electron chi connectivity index (χ2n) is 4.22. The monoisotopic (exact) mass is 319 g/mol. The quantitative estimate of drug-likeness (QED) is 0.855. The van der Waals surface area contributed by atoms with E-state index in [9.17, 15) is 4.79 Å². The van der Waals surface area contributed by atoms with Crippen LogP contribution in [0.25, 0.3) is 0 Å². The predicted molar refractivity (Wildman–Crippen MR) is 78.7 cm³/mol. The lowest BCUT2D eigenvalue weighted by molar-refractivity contribution is 0.0951. The Morgan fingerprint density at radius 3 is 2.95 bits per heavy atom. The van der Waals surface area contributed by atoms with Gasteiger partial charge in [-0.15, -0.1) is 0 Å². The van der Waals surface area contributed by atoms with Crippen LogP contribution in [0.5, 0.6) is 0 Å². The van der Waals surface area contributed by atoms with Crippen LogP contribution < -0.4 is 11.1 Å². The largest absolute Gasteiger partial charge is 0.398 e. The summed E-state index contributed by atoms with van der Waals surface area (Å²) < 4.78 is 0.826. The number of anilines is 1. The topological polar surface area (TPSA) is 68.0 Å². The van der Waals surface area contributed by atoms with E-state index in [0.717, 1.165) is 15.6 Å². The van der Waals surface area contributed by atoms with E-state index in [0.29, 0.717) is 17.8 Å². The van der Waals surface area contributed by atoms with E-state index in [1.165, 1.54) is 0 Å². The molecule has 0 spiro atoms. The van der Waals surface area contributed by atoms with Crippen LogP contribution in [0.3, 0.4) is 0 Å². The molecule has 98 valence electrons. The Kier molecular flexibility index (Phi) is 4.16. The van der Waals surface area contributed by atoms with Gasteiger partial charge in [-0.1, -0.05) is 15.9 Å². The van der Waals surface area contributed by atoms with Crippen LogP contribution in [0, 0.1) is 6.92 Å². The Bertz CT molecular complexity index is 613. The Morgan fingerprint density at radius 1 is 1.42 bits per heavy atom. The van der Waals surface area contributed by atoms with E-state index in [1.807, 2.05) is 13.0 Å². The molecular weight excluding hydrogens is 306 g/mol. The summed E-state index contributed by atoms with van der Waals surface area (Å²) in [6.07, 6.45) is 3.48. The predicted octanol–water partition coefficient (Wildman–Crippen LogP) is 2.66. The zero-order chi connectivity index (χ0) is 13.8. The first-order chi connectivity index (χ1) is 9.08. The van der Waals surface area contributed by atoms with Crippen LogP contribution in [0.1, 0.15) is 21.5 Å². The fourth-order valence-corrected chi connectivity index (χ4v) is 2.06. The number of nitrogens with two attached hydrogens (primary N) is 1. The maximum Gasteiger partial charge on any atom is 0.253 e. The molecule has 2 rings (SSSR count). The van der Waals surface area contributed by atoms with Crippen molar-refractivity contribution in [2.24, 2.45) is 0 Å². The third kappa shape index (κ3) is 3.32. The van der Waals surface area contributed by atoms with Gasteiger partial charge in [0, 0.05) is 29.1 Å². The maximum atomic E-state index is 12.1. The van der Waals surface area contributed by atoms with Gasteiger partial charge in [0.25, 0.3) is 5.91 Å². The molecule has 1 amide bonds. The minimum Gasteiger partial charge on any atom is -0.398 e. The molecule has 1 heterocycles. The number of aromatic nitrogens is 1. The maximum absolute atomic E-state index is 12.1. The van der Waals surface area contributed by atoms with Crippen molar-refractivity contribution in [3.63, 3.8) is 0 Å². The number of carbonyl (C=O) groups excluding carboxylic acids is 1. The molecule has 0 unspecified atom stereocenters. The van der Waals surface area contributed by atoms with Gasteiger partial charge in [-0.3, -0.25) is 9.78 Å². The van der Waals surface area contributed by atoms with Crippen LogP contribution in [0.2, 0.25) is 0 Å². The number of amides is 1. The molecule has 3 N–H and O–H groups in total. The zero-order valence-corrected chi connectivity index (χ0v) is 12.1. The van der Waals surface area contributed by atoms with Crippen molar-refractivity contribution in [2.75, 3.05) is 5.73 Å². The summed E-state index contributed by atoms with van der Waals surface area (Å²) in [5.74, 6) is -0.185. The van der Waals surface area contributed by atoms with Crippen molar-refractivity contribution >= 4 is 27.5 Å². The van der Waals surface area contributed by atoms with Crippen LogP contribution >= 0.6 is 15.9 Å². The van der Waals surface area contributed by atoms with Gasteiger partial charge in [0.2, 0.25) is 0 Å². The summed E-state index contributed by atoms with van der Waals surface area (Å²) in [5, 5.41) is 2.86. The van der Waals surface area contributed by atoms with E-state index in [1.54, 1.807) is 30.6 Å². The average molecular weight is 320 g/mol. The Morgan fingerprint density at radius 2 is 2.21 bits per heavy atom. The van der Waals surface area contributed by atoms with Crippen molar-refractivity contribution in [2.45, 2.75) is 13.5 Å². The first-order valence-electron chi connectivity index (χ1n) is 5.80. The van der Waals surface area contributed by atoms with Crippen molar-refractivity contribution in [1.29, 1.82) is 0 Å². The van der Waals surface area contributed by atoms with Gasteiger partial charge in [0.15, 0.2) is 0 Å². The fourth-order valence-electron chi connectivity index (χ4n) is 1.70. The molecule has 0 aliphatic carbocycles. The van der Waals surface area contributed by atoms with Crippen molar-refractivity contribution in [1.82, 2.24) is 10.3 Å². The van der Waals surface area contributed by atoms with E-state index < -0.39 is 0 Å². The number of nitrogens with one attached hydrogen (secondary N) is 1. The molecule has 0 radical (unpaired) electrons. The van der Waals surface area contributed by atoms with Crippen molar-refractivity contribution in [3.05, 3.63) is 57.8 Å². The van der Waals surface area contributed by atoms with Gasteiger partial charge in [-0.05, 0) is 42.3 Å². The lowest BCUT2D eigenvalue weighted by Crippen LogP contribution is -2.24. The highest BCUT2D eigenvalue weighted by Crippen LogP contribution is 2.18. The number of nitrogen functional groups attached to an aromatic ring is 1. The summed E-state index contributed by atoms with van der Waals surface area (Å²) in [5.41, 5.74) is 8.82. The third-order valence-corrected chi connectivity index (χ3v) is 3.33. The Labute approximate surface area is 120 Å². The number of benzene rings is 1. The summed E-state index contributed by atoms with van der Waals surface area (Å²) in [6.45, 7) is 2.42. The Hall–Kier alpha value is -1.88. The molecule has 5 heteroatoms. The first-order valence-corrected chi connectivity index (χ1v) is 6.60. The highest BCUT2D eigenvalue weighted by Gasteiger charge is 2.10.